The molecule has 0 aliphatic carbocycles. The molecule has 9 heteroatoms. The summed E-state index contributed by atoms with van der Waals surface area (Å²) in [7, 11) is -3.90. The third-order valence-corrected chi connectivity index (χ3v) is 8.26. The predicted molar refractivity (Wildman–Crippen MR) is 120 cm³/mol. The van der Waals surface area contributed by atoms with Gasteiger partial charge in [-0.3, -0.25) is 4.79 Å². The van der Waals surface area contributed by atoms with Crippen molar-refractivity contribution in [3.8, 4) is 0 Å². The summed E-state index contributed by atoms with van der Waals surface area (Å²) in [4.78, 5) is 15.0. The van der Waals surface area contributed by atoms with E-state index in [9.17, 15) is 17.6 Å². The van der Waals surface area contributed by atoms with Gasteiger partial charge in [-0.2, -0.15) is 4.31 Å². The number of hydrogen-bond acceptors (Lipinski definition) is 4. The molecule has 2 saturated heterocycles. The Labute approximate surface area is 193 Å². The molecule has 2 aromatic rings. The standard InChI is InChI=1S/C23H26ClFN2O4S/c1-15-13-26(14-16(2)31-15)32(29,30)22-12-18(7-10-20(22)24)23(28)27-11-3-4-21(27)17-5-8-19(25)9-6-17/h5-10,12,15-16,21H,3-4,11,13-14H2,1-2H3. The minimum absolute atomic E-state index is 0.0739. The maximum Gasteiger partial charge on any atom is 0.254 e. The Morgan fingerprint density at radius 3 is 2.41 bits per heavy atom. The molecular weight excluding hydrogens is 455 g/mol. The van der Waals surface area contributed by atoms with Gasteiger partial charge in [0.2, 0.25) is 10.0 Å². The second kappa shape index (κ2) is 9.09. The van der Waals surface area contributed by atoms with E-state index in [1.165, 1.54) is 28.6 Å². The van der Waals surface area contributed by atoms with Crippen molar-refractivity contribution >= 4 is 27.5 Å². The number of sulfonamides is 1. The summed E-state index contributed by atoms with van der Waals surface area (Å²) in [5.74, 6) is -0.599. The maximum absolute atomic E-state index is 13.3. The van der Waals surface area contributed by atoms with Gasteiger partial charge in [0, 0.05) is 25.2 Å². The molecule has 2 fully saturated rings. The highest BCUT2D eigenvalue weighted by atomic mass is 35.5. The van der Waals surface area contributed by atoms with E-state index in [0.717, 1.165) is 18.4 Å². The summed E-state index contributed by atoms with van der Waals surface area (Å²) in [6, 6.07) is 10.3. The number of likely N-dealkylation sites (tertiary alicyclic amines) is 1. The third-order valence-electron chi connectivity index (χ3n) is 5.95. The van der Waals surface area contributed by atoms with Crippen LogP contribution in [0.15, 0.2) is 47.4 Å². The predicted octanol–water partition coefficient (Wildman–Crippen LogP) is 4.25. The van der Waals surface area contributed by atoms with Crippen LogP contribution >= 0.6 is 11.6 Å². The van der Waals surface area contributed by atoms with E-state index in [-0.39, 0.29) is 58.5 Å². The number of morpholine rings is 1. The van der Waals surface area contributed by atoms with Gasteiger partial charge in [-0.05, 0) is 62.6 Å². The van der Waals surface area contributed by atoms with Crippen LogP contribution in [0.2, 0.25) is 5.02 Å². The molecule has 0 spiro atoms. The lowest BCUT2D eigenvalue weighted by molar-refractivity contribution is -0.0440. The lowest BCUT2D eigenvalue weighted by atomic mass is 10.0. The topological polar surface area (TPSA) is 66.9 Å². The van der Waals surface area contributed by atoms with E-state index in [1.54, 1.807) is 23.1 Å². The quantitative estimate of drug-likeness (QED) is 0.656. The molecule has 0 bridgehead atoms. The van der Waals surface area contributed by atoms with E-state index in [1.807, 2.05) is 13.8 Å². The first-order valence-electron chi connectivity index (χ1n) is 10.7. The van der Waals surface area contributed by atoms with Gasteiger partial charge < -0.3 is 9.64 Å². The Hall–Kier alpha value is -2.00. The summed E-state index contributed by atoms with van der Waals surface area (Å²) < 4.78 is 47.0. The smallest absolute Gasteiger partial charge is 0.254 e. The highest BCUT2D eigenvalue weighted by Gasteiger charge is 2.35. The van der Waals surface area contributed by atoms with Crippen LogP contribution in [0.1, 0.15) is 48.7 Å². The van der Waals surface area contributed by atoms with Crippen molar-refractivity contribution in [1.29, 1.82) is 0 Å². The van der Waals surface area contributed by atoms with E-state index >= 15 is 0 Å². The number of ether oxygens (including phenoxy) is 1. The molecule has 2 aliphatic heterocycles. The van der Waals surface area contributed by atoms with Gasteiger partial charge >= 0.3 is 0 Å². The van der Waals surface area contributed by atoms with Crippen LogP contribution in [0.25, 0.3) is 0 Å². The van der Waals surface area contributed by atoms with Gasteiger partial charge in [-0.25, -0.2) is 12.8 Å². The average Bonchev–Trinajstić information content (AvgIpc) is 3.23. The van der Waals surface area contributed by atoms with Gasteiger partial charge in [0.15, 0.2) is 0 Å². The van der Waals surface area contributed by atoms with Crippen molar-refractivity contribution in [2.75, 3.05) is 19.6 Å². The molecular formula is C23H26ClFN2O4S. The molecule has 2 aromatic carbocycles. The van der Waals surface area contributed by atoms with Crippen molar-refractivity contribution in [3.63, 3.8) is 0 Å². The number of nitrogens with zero attached hydrogens (tertiary/aromatic N) is 2. The minimum Gasteiger partial charge on any atom is -0.373 e. The molecule has 3 atom stereocenters. The summed E-state index contributed by atoms with van der Waals surface area (Å²) in [5.41, 5.74) is 1.12. The number of carbonyl (C=O) groups excluding carboxylic acids is 1. The van der Waals surface area contributed by atoms with Crippen LogP contribution in [0.5, 0.6) is 0 Å². The van der Waals surface area contributed by atoms with Crippen LogP contribution in [-0.2, 0) is 14.8 Å². The van der Waals surface area contributed by atoms with E-state index in [0.29, 0.717) is 6.54 Å². The van der Waals surface area contributed by atoms with Crippen molar-refractivity contribution < 1.29 is 22.3 Å². The third kappa shape index (κ3) is 4.55. The Morgan fingerprint density at radius 2 is 1.75 bits per heavy atom. The van der Waals surface area contributed by atoms with Crippen molar-refractivity contribution in [2.45, 2.75) is 49.8 Å². The molecule has 3 unspecified atom stereocenters. The maximum atomic E-state index is 13.3. The van der Waals surface area contributed by atoms with Crippen LogP contribution in [0.4, 0.5) is 4.39 Å². The first-order chi connectivity index (χ1) is 15.2. The number of rotatable bonds is 4. The van der Waals surface area contributed by atoms with Crippen LogP contribution in [0.3, 0.4) is 0 Å². The molecule has 2 heterocycles. The van der Waals surface area contributed by atoms with E-state index < -0.39 is 10.0 Å². The molecule has 0 aromatic heterocycles. The second-order valence-electron chi connectivity index (χ2n) is 8.43. The molecule has 0 saturated carbocycles. The van der Waals surface area contributed by atoms with Crippen LogP contribution < -0.4 is 0 Å². The fourth-order valence-electron chi connectivity index (χ4n) is 4.51. The highest BCUT2D eigenvalue weighted by molar-refractivity contribution is 7.89. The SMILES string of the molecule is CC1CN(S(=O)(=O)c2cc(C(=O)N3CCCC3c3ccc(F)cc3)ccc2Cl)CC(C)O1. The zero-order valence-electron chi connectivity index (χ0n) is 18.0. The van der Waals surface area contributed by atoms with Gasteiger partial charge in [0.1, 0.15) is 10.7 Å². The van der Waals surface area contributed by atoms with Gasteiger partial charge in [0.25, 0.3) is 5.91 Å². The molecule has 0 N–H and O–H groups in total. The Kier molecular flexibility index (Phi) is 6.58. The Morgan fingerprint density at radius 1 is 1.09 bits per heavy atom. The summed E-state index contributed by atoms with van der Waals surface area (Å²) >= 11 is 6.28. The molecule has 6 nitrogen and oxygen atoms in total. The van der Waals surface area contributed by atoms with E-state index in [4.69, 9.17) is 16.3 Å². The van der Waals surface area contributed by atoms with Gasteiger partial charge in [-0.1, -0.05) is 23.7 Å². The molecule has 32 heavy (non-hydrogen) atoms. The largest absolute Gasteiger partial charge is 0.373 e. The number of hydrogen-bond donors (Lipinski definition) is 0. The molecule has 1 amide bonds. The van der Waals surface area contributed by atoms with Crippen molar-refractivity contribution in [2.24, 2.45) is 0 Å². The average molecular weight is 481 g/mol. The van der Waals surface area contributed by atoms with Gasteiger partial charge in [-0.15, -0.1) is 0 Å². The zero-order valence-corrected chi connectivity index (χ0v) is 19.6. The molecule has 172 valence electrons. The number of benzene rings is 2. The van der Waals surface area contributed by atoms with Crippen molar-refractivity contribution in [1.82, 2.24) is 9.21 Å². The van der Waals surface area contributed by atoms with Crippen molar-refractivity contribution in [3.05, 3.63) is 64.4 Å². The van der Waals surface area contributed by atoms with Crippen LogP contribution in [0, 0.1) is 5.82 Å². The lowest BCUT2D eigenvalue weighted by Crippen LogP contribution is -2.48. The Balaban J connectivity index is 1.63. The monoisotopic (exact) mass is 480 g/mol. The fourth-order valence-corrected chi connectivity index (χ4v) is 6.60. The van der Waals surface area contributed by atoms with E-state index in [2.05, 4.69) is 0 Å². The number of halogens is 2. The number of carbonyl (C=O) groups is 1. The second-order valence-corrected chi connectivity index (χ2v) is 10.7. The summed E-state index contributed by atoms with van der Waals surface area (Å²) in [6.45, 7) is 4.63. The zero-order chi connectivity index (χ0) is 23.0. The minimum atomic E-state index is -3.90. The normalized spacial score (nSPS) is 24.6. The first-order valence-corrected chi connectivity index (χ1v) is 12.5. The molecule has 0 radical (unpaired) electrons. The van der Waals surface area contributed by atoms with Gasteiger partial charge in [0.05, 0.1) is 23.3 Å². The number of amides is 1. The lowest BCUT2D eigenvalue weighted by Gasteiger charge is -2.34. The van der Waals surface area contributed by atoms with Crippen LogP contribution in [-0.4, -0.2) is 55.4 Å². The summed E-state index contributed by atoms with van der Waals surface area (Å²) in [6.07, 6.45) is 1.10. The fraction of sp³-hybridized carbons (Fsp3) is 0.435. The highest BCUT2D eigenvalue weighted by Crippen LogP contribution is 2.34. The Bertz CT molecular complexity index is 1100. The first kappa shape index (κ1) is 23.2. The molecule has 4 rings (SSSR count). The molecule has 2 aliphatic rings. The summed E-state index contributed by atoms with van der Waals surface area (Å²) in [5, 5.41) is 0.0739.